The van der Waals surface area contributed by atoms with Gasteiger partial charge in [0.05, 0.1) is 12.0 Å². The lowest BCUT2D eigenvalue weighted by Gasteiger charge is -2.30. The van der Waals surface area contributed by atoms with Crippen molar-refractivity contribution < 1.29 is 9.53 Å². The molecule has 2 aromatic carbocycles. The Morgan fingerprint density at radius 3 is 2.21 bits per heavy atom. The van der Waals surface area contributed by atoms with Gasteiger partial charge in [0, 0.05) is 6.54 Å². The van der Waals surface area contributed by atoms with E-state index in [0.717, 1.165) is 25.1 Å². The maximum absolute atomic E-state index is 12.6. The zero-order valence-corrected chi connectivity index (χ0v) is 14.9. The van der Waals surface area contributed by atoms with Gasteiger partial charge in [-0.1, -0.05) is 60.7 Å². The number of carbonyl (C=O) groups is 1. The van der Waals surface area contributed by atoms with E-state index in [4.69, 9.17) is 4.74 Å². The van der Waals surface area contributed by atoms with Crippen LogP contribution in [-0.2, 0) is 21.5 Å². The van der Waals surface area contributed by atoms with Crippen LogP contribution >= 0.6 is 0 Å². The van der Waals surface area contributed by atoms with E-state index in [2.05, 4.69) is 36.2 Å². The van der Waals surface area contributed by atoms with Crippen molar-refractivity contribution in [2.75, 3.05) is 20.2 Å². The zero-order chi connectivity index (χ0) is 17.4. The van der Waals surface area contributed by atoms with Gasteiger partial charge >= 0.3 is 5.97 Å². The van der Waals surface area contributed by atoms with Gasteiger partial charge in [-0.2, -0.15) is 0 Å². The molecule has 0 N–H and O–H groups in total. The number of hydrogen-bond acceptors (Lipinski definition) is 3. The minimum Gasteiger partial charge on any atom is -0.465 e. The number of carbonyl (C=O) groups excluding carboxylic acids is 1. The highest BCUT2D eigenvalue weighted by molar-refractivity contribution is 5.82. The summed E-state index contributed by atoms with van der Waals surface area (Å²) >= 11 is 0. The summed E-state index contributed by atoms with van der Waals surface area (Å²) in [6, 6.07) is 20.3. The van der Waals surface area contributed by atoms with Crippen molar-refractivity contribution >= 4 is 5.97 Å². The summed E-state index contributed by atoms with van der Waals surface area (Å²) in [4.78, 5) is 14.8. The molecule has 1 atom stereocenters. The number of ether oxygens (including phenoxy) is 1. The molecule has 24 heavy (non-hydrogen) atoms. The van der Waals surface area contributed by atoms with Gasteiger partial charge in [-0.25, -0.2) is 0 Å². The number of nitrogens with zero attached hydrogens (tertiary/aromatic N) is 1. The lowest BCUT2D eigenvalue weighted by Crippen LogP contribution is -2.38. The summed E-state index contributed by atoms with van der Waals surface area (Å²) in [7, 11) is 2.09. The second kappa shape index (κ2) is 8.65. The minimum atomic E-state index is -0.623. The molecule has 0 aliphatic rings. The van der Waals surface area contributed by atoms with Crippen LogP contribution < -0.4 is 0 Å². The molecule has 1 unspecified atom stereocenters. The molecule has 0 saturated carbocycles. The molecule has 0 amide bonds. The van der Waals surface area contributed by atoms with Crippen molar-refractivity contribution in [3.05, 3.63) is 71.8 Å². The standard InChI is InChI=1S/C21H27NO2/c1-4-24-20(23)21(2,19-13-9-6-10-14-19)15-16-22(3)17-18-11-7-5-8-12-18/h5-14H,4,15-17H2,1-3H3. The van der Waals surface area contributed by atoms with Gasteiger partial charge < -0.3 is 9.64 Å². The Labute approximate surface area is 145 Å². The van der Waals surface area contributed by atoms with E-state index in [-0.39, 0.29) is 5.97 Å². The molecule has 0 radical (unpaired) electrons. The molecule has 0 saturated heterocycles. The highest BCUT2D eigenvalue weighted by Crippen LogP contribution is 2.29. The first-order valence-electron chi connectivity index (χ1n) is 8.51. The van der Waals surface area contributed by atoms with Gasteiger partial charge in [-0.15, -0.1) is 0 Å². The van der Waals surface area contributed by atoms with Crippen molar-refractivity contribution in [3.8, 4) is 0 Å². The van der Waals surface area contributed by atoms with Gasteiger partial charge in [0.1, 0.15) is 0 Å². The van der Waals surface area contributed by atoms with E-state index < -0.39 is 5.41 Å². The van der Waals surface area contributed by atoms with Gasteiger partial charge in [-0.05, 0) is 45.0 Å². The lowest BCUT2D eigenvalue weighted by molar-refractivity contribution is -0.150. The van der Waals surface area contributed by atoms with Crippen LogP contribution in [0, 0.1) is 0 Å². The largest absolute Gasteiger partial charge is 0.465 e. The molecule has 3 heteroatoms. The van der Waals surface area contributed by atoms with Crippen molar-refractivity contribution in [1.29, 1.82) is 0 Å². The third kappa shape index (κ3) is 4.68. The van der Waals surface area contributed by atoms with Crippen LogP contribution in [0.3, 0.4) is 0 Å². The van der Waals surface area contributed by atoms with Crippen LogP contribution in [0.4, 0.5) is 0 Å². The molecule has 128 valence electrons. The maximum atomic E-state index is 12.6. The monoisotopic (exact) mass is 325 g/mol. The second-order valence-electron chi connectivity index (χ2n) is 6.39. The Morgan fingerprint density at radius 2 is 1.62 bits per heavy atom. The van der Waals surface area contributed by atoms with Crippen LogP contribution in [0.1, 0.15) is 31.4 Å². The van der Waals surface area contributed by atoms with Gasteiger partial charge in [0.2, 0.25) is 0 Å². The van der Waals surface area contributed by atoms with Crippen LogP contribution in [0.15, 0.2) is 60.7 Å². The molecule has 0 aliphatic carbocycles. The topological polar surface area (TPSA) is 29.5 Å². The average molecular weight is 325 g/mol. The van der Waals surface area contributed by atoms with E-state index in [1.807, 2.05) is 50.2 Å². The summed E-state index contributed by atoms with van der Waals surface area (Å²) < 4.78 is 5.35. The van der Waals surface area contributed by atoms with E-state index in [1.165, 1.54) is 5.56 Å². The quantitative estimate of drug-likeness (QED) is 0.686. The van der Waals surface area contributed by atoms with E-state index in [0.29, 0.717) is 6.61 Å². The second-order valence-corrected chi connectivity index (χ2v) is 6.39. The fraction of sp³-hybridized carbons (Fsp3) is 0.381. The van der Waals surface area contributed by atoms with Crippen LogP contribution in [0.25, 0.3) is 0 Å². The molecular weight excluding hydrogens is 298 g/mol. The highest BCUT2D eigenvalue weighted by atomic mass is 16.5. The van der Waals surface area contributed by atoms with Crippen LogP contribution in [-0.4, -0.2) is 31.1 Å². The number of hydrogen-bond donors (Lipinski definition) is 0. The fourth-order valence-electron chi connectivity index (χ4n) is 2.85. The molecule has 0 heterocycles. The molecule has 0 fully saturated rings. The van der Waals surface area contributed by atoms with Gasteiger partial charge in [0.25, 0.3) is 0 Å². The van der Waals surface area contributed by atoms with E-state index >= 15 is 0 Å². The average Bonchev–Trinajstić information content (AvgIpc) is 2.61. The van der Waals surface area contributed by atoms with E-state index in [1.54, 1.807) is 0 Å². The molecule has 2 rings (SSSR count). The third-order valence-corrected chi connectivity index (χ3v) is 4.43. The smallest absolute Gasteiger partial charge is 0.316 e. The Kier molecular flexibility index (Phi) is 6.56. The normalized spacial score (nSPS) is 13.5. The summed E-state index contributed by atoms with van der Waals surface area (Å²) in [6.07, 6.45) is 0.721. The highest BCUT2D eigenvalue weighted by Gasteiger charge is 2.36. The first-order valence-corrected chi connectivity index (χ1v) is 8.51. The molecule has 3 nitrogen and oxygen atoms in total. The molecule has 0 bridgehead atoms. The Bertz CT molecular complexity index is 627. The number of esters is 1. The van der Waals surface area contributed by atoms with Crippen molar-refractivity contribution in [2.45, 2.75) is 32.2 Å². The molecule has 0 aromatic heterocycles. The molecular formula is C21H27NO2. The summed E-state index contributed by atoms with van der Waals surface area (Å²) in [5.74, 6) is -0.149. The maximum Gasteiger partial charge on any atom is 0.316 e. The predicted octanol–water partition coefficient (Wildman–Crippen LogP) is 4.03. The van der Waals surface area contributed by atoms with Crippen molar-refractivity contribution in [1.82, 2.24) is 4.90 Å². The number of benzene rings is 2. The summed E-state index contributed by atoms with van der Waals surface area (Å²) in [5, 5.41) is 0. The Balaban J connectivity index is 2.07. The Morgan fingerprint density at radius 1 is 1.04 bits per heavy atom. The molecule has 0 aliphatic heterocycles. The summed E-state index contributed by atoms with van der Waals surface area (Å²) in [6.45, 7) is 5.93. The molecule has 2 aromatic rings. The fourth-order valence-corrected chi connectivity index (χ4v) is 2.85. The first kappa shape index (κ1) is 18.2. The van der Waals surface area contributed by atoms with Crippen LogP contribution in [0.2, 0.25) is 0 Å². The predicted molar refractivity (Wildman–Crippen MR) is 97.8 cm³/mol. The minimum absolute atomic E-state index is 0.149. The van der Waals surface area contributed by atoms with Crippen molar-refractivity contribution in [3.63, 3.8) is 0 Å². The zero-order valence-electron chi connectivity index (χ0n) is 14.9. The first-order chi connectivity index (χ1) is 11.6. The third-order valence-electron chi connectivity index (χ3n) is 4.43. The molecule has 0 spiro atoms. The van der Waals surface area contributed by atoms with Crippen LogP contribution in [0.5, 0.6) is 0 Å². The SMILES string of the molecule is CCOC(=O)C(C)(CCN(C)Cc1ccccc1)c1ccccc1. The van der Waals surface area contributed by atoms with Gasteiger partial charge in [0.15, 0.2) is 0 Å². The van der Waals surface area contributed by atoms with E-state index in [9.17, 15) is 4.79 Å². The number of rotatable bonds is 8. The Hall–Kier alpha value is -2.13. The van der Waals surface area contributed by atoms with Gasteiger partial charge in [-0.3, -0.25) is 4.79 Å². The van der Waals surface area contributed by atoms with Crippen molar-refractivity contribution in [2.24, 2.45) is 0 Å². The summed E-state index contributed by atoms with van der Waals surface area (Å²) in [5.41, 5.74) is 1.66. The lowest BCUT2D eigenvalue weighted by atomic mass is 9.79.